The topological polar surface area (TPSA) is 56.5 Å². The van der Waals surface area contributed by atoms with Gasteiger partial charge in [0.25, 0.3) is 0 Å². The number of aliphatic hydroxyl groups is 1. The molecule has 1 aliphatic heterocycles. The van der Waals surface area contributed by atoms with Gasteiger partial charge in [-0.15, -0.1) is 0 Å². The molecule has 0 aromatic carbocycles. The molecule has 0 spiro atoms. The zero-order valence-corrected chi connectivity index (χ0v) is 8.09. The fraction of sp³-hybridized carbons (Fsp3) is 0.667. The van der Waals surface area contributed by atoms with Crippen LogP contribution in [-0.4, -0.2) is 40.8 Å². The molecule has 0 radical (unpaired) electrons. The van der Waals surface area contributed by atoms with Crippen LogP contribution in [0.5, 0.6) is 0 Å². The monoisotopic (exact) mass is 198 g/mol. The first-order chi connectivity index (χ1) is 6.79. The third kappa shape index (κ3) is 1.79. The van der Waals surface area contributed by atoms with E-state index in [1.54, 1.807) is 24.0 Å². The first-order valence-corrected chi connectivity index (χ1v) is 4.64. The summed E-state index contributed by atoms with van der Waals surface area (Å²) in [6.07, 6.45) is 0.712. The molecule has 0 saturated carbocycles. The maximum Gasteiger partial charge on any atom is 0.124 e. The van der Waals surface area contributed by atoms with Crippen molar-refractivity contribution < 1.29 is 14.6 Å². The number of hydrogen-bond acceptors (Lipinski definition) is 4. The van der Waals surface area contributed by atoms with E-state index >= 15 is 0 Å². The maximum absolute atomic E-state index is 9.95. The Hall–Kier alpha value is -0.910. The fourth-order valence-electron chi connectivity index (χ4n) is 1.55. The van der Waals surface area contributed by atoms with E-state index in [0.717, 1.165) is 5.69 Å². The van der Waals surface area contributed by atoms with Gasteiger partial charge < -0.3 is 14.6 Å². The van der Waals surface area contributed by atoms with E-state index in [1.165, 1.54) is 0 Å². The highest BCUT2D eigenvalue weighted by Gasteiger charge is 2.26. The van der Waals surface area contributed by atoms with E-state index in [-0.39, 0.29) is 6.10 Å². The van der Waals surface area contributed by atoms with Gasteiger partial charge >= 0.3 is 0 Å². The molecule has 1 aromatic heterocycles. The summed E-state index contributed by atoms with van der Waals surface area (Å²) in [5.74, 6) is 0. The van der Waals surface area contributed by atoms with Crippen molar-refractivity contribution in [2.45, 2.75) is 12.2 Å². The van der Waals surface area contributed by atoms with E-state index in [4.69, 9.17) is 9.47 Å². The minimum atomic E-state index is -0.664. The molecule has 2 rings (SSSR count). The highest BCUT2D eigenvalue weighted by atomic mass is 16.6. The molecule has 2 heterocycles. The summed E-state index contributed by atoms with van der Waals surface area (Å²) in [6.45, 7) is 1.58. The van der Waals surface area contributed by atoms with Crippen molar-refractivity contribution in [1.29, 1.82) is 0 Å². The van der Waals surface area contributed by atoms with Crippen LogP contribution in [0.4, 0.5) is 0 Å². The number of hydrogen-bond donors (Lipinski definition) is 1. The summed E-state index contributed by atoms with van der Waals surface area (Å²) in [4.78, 5) is 0. The van der Waals surface area contributed by atoms with Crippen molar-refractivity contribution in [3.8, 4) is 0 Å². The van der Waals surface area contributed by atoms with E-state index < -0.39 is 6.10 Å². The smallest absolute Gasteiger partial charge is 0.124 e. The summed E-state index contributed by atoms with van der Waals surface area (Å²) >= 11 is 0. The van der Waals surface area contributed by atoms with Crippen LogP contribution in [0.1, 0.15) is 11.8 Å². The standard InChI is InChI=1S/C9H14N2O3/c1-11-7(2-3-10-11)9(12)8-6-13-4-5-14-8/h2-3,8-9,12H,4-6H2,1H3. The van der Waals surface area contributed by atoms with E-state index in [2.05, 4.69) is 5.10 Å². The second kappa shape index (κ2) is 4.08. The van der Waals surface area contributed by atoms with Gasteiger partial charge in [-0.1, -0.05) is 0 Å². The van der Waals surface area contributed by atoms with Crippen molar-refractivity contribution in [2.24, 2.45) is 7.05 Å². The zero-order valence-electron chi connectivity index (χ0n) is 8.09. The minimum absolute atomic E-state index is 0.279. The van der Waals surface area contributed by atoms with Gasteiger partial charge in [-0.05, 0) is 6.07 Å². The SMILES string of the molecule is Cn1nccc1C(O)C1COCCO1. The van der Waals surface area contributed by atoms with E-state index in [1.807, 2.05) is 0 Å². The Morgan fingerprint density at radius 2 is 2.50 bits per heavy atom. The van der Waals surface area contributed by atoms with Crippen LogP contribution in [-0.2, 0) is 16.5 Å². The molecule has 0 bridgehead atoms. The van der Waals surface area contributed by atoms with Gasteiger partial charge in [0.2, 0.25) is 0 Å². The fourth-order valence-corrected chi connectivity index (χ4v) is 1.55. The number of rotatable bonds is 2. The Kier molecular flexibility index (Phi) is 2.81. The van der Waals surface area contributed by atoms with Crippen LogP contribution in [0, 0.1) is 0 Å². The molecule has 0 amide bonds. The predicted octanol–water partition coefficient (Wildman–Crippen LogP) is -0.131. The van der Waals surface area contributed by atoms with Crippen molar-refractivity contribution in [2.75, 3.05) is 19.8 Å². The van der Waals surface area contributed by atoms with Crippen molar-refractivity contribution in [3.63, 3.8) is 0 Å². The van der Waals surface area contributed by atoms with Gasteiger partial charge in [0.05, 0.1) is 25.5 Å². The number of aliphatic hydroxyl groups excluding tert-OH is 1. The Morgan fingerprint density at radius 3 is 3.07 bits per heavy atom. The summed E-state index contributed by atoms with van der Waals surface area (Å²) < 4.78 is 12.3. The van der Waals surface area contributed by atoms with Gasteiger partial charge in [0.1, 0.15) is 12.2 Å². The molecule has 1 N–H and O–H groups in total. The lowest BCUT2D eigenvalue weighted by Crippen LogP contribution is -2.34. The lowest BCUT2D eigenvalue weighted by molar-refractivity contribution is -0.135. The number of aryl methyl sites for hydroxylation is 1. The molecule has 1 aliphatic rings. The molecule has 5 heteroatoms. The third-order valence-corrected chi connectivity index (χ3v) is 2.36. The van der Waals surface area contributed by atoms with Crippen molar-refractivity contribution in [3.05, 3.63) is 18.0 Å². The van der Waals surface area contributed by atoms with Crippen molar-refractivity contribution in [1.82, 2.24) is 9.78 Å². The minimum Gasteiger partial charge on any atom is -0.384 e. The highest BCUT2D eigenvalue weighted by molar-refractivity contribution is 5.06. The van der Waals surface area contributed by atoms with Crippen LogP contribution >= 0.6 is 0 Å². The maximum atomic E-state index is 9.95. The Morgan fingerprint density at radius 1 is 1.64 bits per heavy atom. The van der Waals surface area contributed by atoms with Crippen LogP contribution in [0.3, 0.4) is 0 Å². The summed E-state index contributed by atoms with van der Waals surface area (Å²) in [6, 6.07) is 1.78. The van der Waals surface area contributed by atoms with E-state index in [9.17, 15) is 5.11 Å². The normalized spacial score (nSPS) is 24.9. The number of ether oxygens (including phenoxy) is 2. The molecular formula is C9H14N2O3. The predicted molar refractivity (Wildman–Crippen MR) is 48.7 cm³/mol. The molecule has 1 saturated heterocycles. The van der Waals surface area contributed by atoms with Gasteiger partial charge in [-0.2, -0.15) is 5.10 Å². The van der Waals surface area contributed by atoms with Crippen molar-refractivity contribution >= 4 is 0 Å². The van der Waals surface area contributed by atoms with Crippen LogP contribution in [0.25, 0.3) is 0 Å². The molecule has 78 valence electrons. The molecule has 5 nitrogen and oxygen atoms in total. The molecule has 14 heavy (non-hydrogen) atoms. The molecule has 1 fully saturated rings. The van der Waals surface area contributed by atoms with Gasteiger partial charge in [-0.3, -0.25) is 4.68 Å². The quantitative estimate of drug-likeness (QED) is 0.719. The second-order valence-electron chi connectivity index (χ2n) is 3.31. The van der Waals surface area contributed by atoms with Crippen LogP contribution in [0.15, 0.2) is 12.3 Å². The average molecular weight is 198 g/mol. The largest absolute Gasteiger partial charge is 0.384 e. The number of aromatic nitrogens is 2. The molecule has 2 atom stereocenters. The Balaban J connectivity index is 2.07. The second-order valence-corrected chi connectivity index (χ2v) is 3.31. The van der Waals surface area contributed by atoms with Gasteiger partial charge in [0, 0.05) is 13.2 Å². The highest BCUT2D eigenvalue weighted by Crippen LogP contribution is 2.20. The van der Waals surface area contributed by atoms with E-state index in [0.29, 0.717) is 19.8 Å². The Bertz CT molecular complexity index is 294. The molecular weight excluding hydrogens is 184 g/mol. The summed E-state index contributed by atoms with van der Waals surface area (Å²) in [5, 5.41) is 13.9. The van der Waals surface area contributed by atoms with Gasteiger partial charge in [-0.25, -0.2) is 0 Å². The lowest BCUT2D eigenvalue weighted by Gasteiger charge is -2.27. The van der Waals surface area contributed by atoms with Gasteiger partial charge in [0.15, 0.2) is 0 Å². The first kappa shape index (κ1) is 9.64. The summed E-state index contributed by atoms with van der Waals surface area (Å²) in [7, 11) is 1.79. The third-order valence-electron chi connectivity index (χ3n) is 2.36. The number of nitrogens with zero attached hydrogens (tertiary/aromatic N) is 2. The first-order valence-electron chi connectivity index (χ1n) is 4.64. The van der Waals surface area contributed by atoms with Crippen LogP contribution in [0.2, 0.25) is 0 Å². The average Bonchev–Trinajstić information content (AvgIpc) is 2.65. The zero-order chi connectivity index (χ0) is 9.97. The van der Waals surface area contributed by atoms with Crippen LogP contribution < -0.4 is 0 Å². The Labute approximate surface area is 82.2 Å². The molecule has 0 aliphatic carbocycles. The summed E-state index contributed by atoms with van der Waals surface area (Å²) in [5.41, 5.74) is 0.750. The lowest BCUT2D eigenvalue weighted by atomic mass is 10.1. The molecule has 2 unspecified atom stereocenters. The molecule has 1 aromatic rings.